The second kappa shape index (κ2) is 10.3. The summed E-state index contributed by atoms with van der Waals surface area (Å²) < 4.78 is 315. The van der Waals surface area contributed by atoms with E-state index in [0.717, 1.165) is 0 Å². The van der Waals surface area contributed by atoms with Crippen molar-refractivity contribution < 1.29 is 110 Å². The van der Waals surface area contributed by atoms with E-state index in [1.54, 1.807) is 0 Å². The summed E-state index contributed by atoms with van der Waals surface area (Å²) >= 11 is 0. The monoisotopic (exact) mass is 672 g/mol. The summed E-state index contributed by atoms with van der Waals surface area (Å²) in [6, 6.07) is 0. The van der Waals surface area contributed by atoms with E-state index in [-0.39, 0.29) is 0 Å². The number of aliphatic hydroxyl groups is 1. The molecule has 0 unspecified atom stereocenters. The Labute approximate surface area is 208 Å². The van der Waals surface area contributed by atoms with Gasteiger partial charge in [0.1, 0.15) is 0 Å². The predicted octanol–water partition coefficient (Wildman–Crippen LogP) is 8.53. The van der Waals surface area contributed by atoms with E-state index in [1.807, 2.05) is 0 Å². The standard InChI is InChI=1S/C16H8F24O/c17-5(8(22,23)11(28,29)12(30,31)10(26,27)7(20,21)3-4-41)1-2-6(18,19)9(24,25)13(32,33)14(34,35)15(36,37)16(38,39)40/h1,41H,2-4H2/b5-1-. The molecular formula is C16H8F24O. The lowest BCUT2D eigenvalue weighted by Gasteiger charge is -2.40. The van der Waals surface area contributed by atoms with Gasteiger partial charge in [0, 0.05) is 19.4 Å². The fourth-order valence-electron chi connectivity index (χ4n) is 2.35. The molecule has 1 nitrogen and oxygen atoms in total. The first kappa shape index (κ1) is 39.0. The summed E-state index contributed by atoms with van der Waals surface area (Å²) in [5.74, 6) is -84.1. The number of hydrogen-bond donors (Lipinski definition) is 1. The van der Waals surface area contributed by atoms with Crippen molar-refractivity contribution in [2.24, 2.45) is 0 Å². The van der Waals surface area contributed by atoms with Crippen LogP contribution in [0, 0.1) is 0 Å². The van der Waals surface area contributed by atoms with Crippen LogP contribution < -0.4 is 0 Å². The molecule has 0 aromatic rings. The van der Waals surface area contributed by atoms with Crippen LogP contribution in [0.25, 0.3) is 0 Å². The molecular weight excluding hydrogens is 664 g/mol. The first-order valence-electron chi connectivity index (χ1n) is 9.26. The van der Waals surface area contributed by atoms with E-state index in [9.17, 15) is 105 Å². The molecule has 0 fully saturated rings. The molecule has 0 heterocycles. The van der Waals surface area contributed by atoms with Crippen molar-refractivity contribution in [2.75, 3.05) is 6.61 Å². The second-order valence-corrected chi connectivity index (χ2v) is 7.73. The molecule has 0 amide bonds. The van der Waals surface area contributed by atoms with Crippen molar-refractivity contribution in [3.05, 3.63) is 11.9 Å². The van der Waals surface area contributed by atoms with Crippen LogP contribution >= 0.6 is 0 Å². The molecule has 0 bridgehead atoms. The van der Waals surface area contributed by atoms with Gasteiger partial charge in [-0.15, -0.1) is 0 Å². The van der Waals surface area contributed by atoms with Gasteiger partial charge in [0.25, 0.3) is 0 Å². The first-order valence-corrected chi connectivity index (χ1v) is 9.26. The highest BCUT2D eigenvalue weighted by atomic mass is 19.4. The Bertz CT molecular complexity index is 955. The quantitative estimate of drug-likeness (QED) is 0.195. The Hall–Kier alpha value is -1.98. The van der Waals surface area contributed by atoms with Gasteiger partial charge in [0.15, 0.2) is 5.83 Å². The Morgan fingerprint density at radius 2 is 0.756 bits per heavy atom. The molecule has 0 aliphatic carbocycles. The number of allylic oxidation sites excluding steroid dienone is 2. The molecule has 0 spiro atoms. The van der Waals surface area contributed by atoms with E-state index < -0.39 is 96.8 Å². The van der Waals surface area contributed by atoms with Gasteiger partial charge < -0.3 is 5.11 Å². The largest absolute Gasteiger partial charge is 0.460 e. The molecule has 0 rings (SSSR count). The average molecular weight is 672 g/mol. The first-order chi connectivity index (χ1) is 17.4. The van der Waals surface area contributed by atoms with Gasteiger partial charge in [-0.1, -0.05) is 0 Å². The lowest BCUT2D eigenvalue weighted by atomic mass is 9.91. The van der Waals surface area contributed by atoms with Crippen molar-refractivity contribution in [1.29, 1.82) is 0 Å². The Morgan fingerprint density at radius 3 is 1.10 bits per heavy atom. The molecule has 25 heteroatoms. The van der Waals surface area contributed by atoms with Gasteiger partial charge in [-0.05, 0) is 6.08 Å². The Morgan fingerprint density at radius 1 is 0.439 bits per heavy atom. The summed E-state index contributed by atoms with van der Waals surface area (Å²) in [7, 11) is 0. The zero-order chi connectivity index (χ0) is 33.9. The molecule has 1 N–H and O–H groups in total. The molecule has 41 heavy (non-hydrogen) atoms. The lowest BCUT2D eigenvalue weighted by Crippen LogP contribution is -2.70. The summed E-state index contributed by atoms with van der Waals surface area (Å²) in [6.07, 6.45) is -17.2. The number of alkyl halides is 23. The maximum Gasteiger partial charge on any atom is 0.460 e. The SMILES string of the molecule is OCCC(F)(F)C(F)(F)C(F)(F)C(F)(F)C(F)(F)/C(F)=C/CC(F)(F)C(F)(F)C(F)(F)C(F)(F)C(F)(F)C(F)(F)F. The zero-order valence-corrected chi connectivity index (χ0v) is 18.2. The number of halogens is 24. The van der Waals surface area contributed by atoms with Crippen LogP contribution in [0.4, 0.5) is 105 Å². The Kier molecular flexibility index (Phi) is 9.83. The highest BCUT2D eigenvalue weighted by Gasteiger charge is 2.91. The van der Waals surface area contributed by atoms with Crippen molar-refractivity contribution in [2.45, 2.75) is 78.2 Å². The van der Waals surface area contributed by atoms with E-state index in [1.165, 1.54) is 0 Å². The summed E-state index contributed by atoms with van der Waals surface area (Å²) in [5.41, 5.74) is 0. The van der Waals surface area contributed by atoms with E-state index in [0.29, 0.717) is 0 Å². The van der Waals surface area contributed by atoms with Crippen LogP contribution in [-0.4, -0.2) is 77.1 Å². The molecule has 0 aliphatic heterocycles. The zero-order valence-electron chi connectivity index (χ0n) is 18.2. The van der Waals surface area contributed by atoms with Gasteiger partial charge >= 0.3 is 65.4 Å². The predicted molar refractivity (Wildman–Crippen MR) is 81.0 cm³/mol. The second-order valence-electron chi connectivity index (χ2n) is 7.73. The lowest BCUT2D eigenvalue weighted by molar-refractivity contribution is -0.439. The van der Waals surface area contributed by atoms with Gasteiger partial charge in [0.05, 0.1) is 0 Å². The van der Waals surface area contributed by atoms with Crippen molar-refractivity contribution in [1.82, 2.24) is 0 Å². The third kappa shape index (κ3) is 5.46. The highest BCUT2D eigenvalue weighted by Crippen LogP contribution is 2.62. The number of hydrogen-bond acceptors (Lipinski definition) is 1. The normalized spacial score (nSPS) is 16.9. The summed E-state index contributed by atoms with van der Waals surface area (Å²) in [5, 5.41) is 8.09. The topological polar surface area (TPSA) is 20.2 Å². The van der Waals surface area contributed by atoms with Crippen LogP contribution in [0.1, 0.15) is 12.8 Å². The van der Waals surface area contributed by atoms with E-state index >= 15 is 0 Å². The van der Waals surface area contributed by atoms with Crippen molar-refractivity contribution in [3.8, 4) is 0 Å². The maximum atomic E-state index is 13.6. The van der Waals surface area contributed by atoms with Crippen LogP contribution in [0.5, 0.6) is 0 Å². The van der Waals surface area contributed by atoms with Crippen LogP contribution in [0.2, 0.25) is 0 Å². The van der Waals surface area contributed by atoms with Crippen LogP contribution in [-0.2, 0) is 0 Å². The van der Waals surface area contributed by atoms with Gasteiger partial charge in [-0.25, -0.2) is 4.39 Å². The summed E-state index contributed by atoms with van der Waals surface area (Å²) in [4.78, 5) is 0. The van der Waals surface area contributed by atoms with Gasteiger partial charge in [-0.3, -0.25) is 0 Å². The maximum absolute atomic E-state index is 13.6. The van der Waals surface area contributed by atoms with Crippen molar-refractivity contribution in [3.63, 3.8) is 0 Å². The number of aliphatic hydroxyl groups excluding tert-OH is 1. The highest BCUT2D eigenvalue weighted by molar-refractivity contribution is 5.19. The molecule has 246 valence electrons. The van der Waals surface area contributed by atoms with E-state index in [2.05, 4.69) is 0 Å². The van der Waals surface area contributed by atoms with Gasteiger partial charge in [-0.2, -0.15) is 101 Å². The summed E-state index contributed by atoms with van der Waals surface area (Å²) in [6.45, 7) is -2.21. The van der Waals surface area contributed by atoms with Crippen molar-refractivity contribution >= 4 is 0 Å². The minimum Gasteiger partial charge on any atom is -0.396 e. The fourth-order valence-corrected chi connectivity index (χ4v) is 2.35. The van der Waals surface area contributed by atoms with Gasteiger partial charge in [0.2, 0.25) is 0 Å². The molecule has 0 saturated carbocycles. The molecule has 0 aliphatic rings. The molecule has 0 saturated heterocycles. The smallest absolute Gasteiger partial charge is 0.396 e. The third-order valence-electron chi connectivity index (χ3n) is 4.90. The molecule has 0 atom stereocenters. The average Bonchev–Trinajstić information content (AvgIpc) is 2.75. The minimum absolute atomic E-state index is 2.21. The Balaban J connectivity index is 6.68. The number of rotatable bonds is 13. The fraction of sp³-hybridized carbons (Fsp3) is 0.875. The minimum atomic E-state index is -8.56. The van der Waals surface area contributed by atoms with Crippen LogP contribution in [0.15, 0.2) is 11.9 Å². The third-order valence-corrected chi connectivity index (χ3v) is 4.90. The van der Waals surface area contributed by atoms with Crippen LogP contribution in [0.3, 0.4) is 0 Å². The molecule has 0 radical (unpaired) electrons. The van der Waals surface area contributed by atoms with E-state index in [4.69, 9.17) is 5.11 Å². The molecule has 0 aromatic heterocycles. The molecule has 0 aromatic carbocycles.